The molecular weight excluding hydrogens is 476 g/mol. The molecule has 0 radical (unpaired) electrons. The Morgan fingerprint density at radius 3 is 0.730 bits per heavy atom. The van der Waals surface area contributed by atoms with Crippen LogP contribution in [0.3, 0.4) is 0 Å². The third-order valence-electron chi connectivity index (χ3n) is 7.11. The van der Waals surface area contributed by atoms with Crippen LogP contribution in [0.15, 0.2) is 0 Å². The van der Waals surface area contributed by atoms with Crippen LogP contribution in [0.25, 0.3) is 0 Å². The average molecular weight is 545 g/mol. The van der Waals surface area contributed by atoms with E-state index in [9.17, 15) is 0 Å². The second-order valence-electron chi connectivity index (χ2n) is 11.0. The van der Waals surface area contributed by atoms with Gasteiger partial charge in [0.15, 0.2) is 0 Å². The normalized spacial score (nSPS) is 12.0. The molecule has 0 aromatic rings. The highest BCUT2D eigenvalue weighted by Crippen LogP contribution is 2.18. The molecule has 5 heteroatoms. The maximum Gasteiger partial charge on any atom is 0.679 e. The maximum atomic E-state index is 6.43. The number of unbranched alkanes of at least 4 members (excludes halogenated alkanes) is 20. The topological polar surface area (TPSA) is 36.9 Å². The third kappa shape index (κ3) is 26.1. The molecule has 0 saturated heterocycles. The predicted octanol–water partition coefficient (Wildman–Crippen LogP) is 10.9. The summed E-state index contributed by atoms with van der Waals surface area (Å²) in [5, 5.41) is 0. The van der Waals surface area contributed by atoms with Gasteiger partial charge in [0.1, 0.15) is 0 Å². The molecule has 0 spiro atoms. The maximum absolute atomic E-state index is 6.43. The van der Waals surface area contributed by atoms with Crippen molar-refractivity contribution in [3.8, 4) is 0 Å². The average Bonchev–Trinajstić information content (AvgIpc) is 2.91. The van der Waals surface area contributed by atoms with Crippen LogP contribution in [0.4, 0.5) is 0 Å². The lowest BCUT2D eigenvalue weighted by molar-refractivity contribution is -0.0375. The highest BCUT2D eigenvalue weighted by Gasteiger charge is 2.45. The quantitative estimate of drug-likeness (QED) is 0.0623. The van der Waals surface area contributed by atoms with Gasteiger partial charge in [-0.05, 0) is 25.7 Å². The van der Waals surface area contributed by atoms with Crippen LogP contribution in [0.5, 0.6) is 0 Å². The van der Waals surface area contributed by atoms with Crippen molar-refractivity contribution in [2.75, 3.05) is 26.4 Å². The Kier molecular flexibility index (Phi) is 30.6. The molecule has 224 valence electrons. The largest absolute Gasteiger partial charge is 0.679 e. The standard InChI is InChI=1S/C32H68O4Si/c1-5-9-13-16-19-22-26-30-34-37(33-29-25-12-8-4,35-31-27-23-20-17-14-10-6-2)36-32-28-24-21-18-15-11-7-3/h5-32H2,1-4H3. The van der Waals surface area contributed by atoms with E-state index < -0.39 is 9.05 Å². The van der Waals surface area contributed by atoms with Crippen molar-refractivity contribution in [2.24, 2.45) is 0 Å². The third-order valence-corrected chi connectivity index (χ3v) is 9.34. The minimum absolute atomic E-state index is 0.686. The zero-order chi connectivity index (χ0) is 27.1. The summed E-state index contributed by atoms with van der Waals surface area (Å²) < 4.78 is 25.7. The molecule has 0 aliphatic rings. The van der Waals surface area contributed by atoms with Crippen LogP contribution < -0.4 is 0 Å². The fourth-order valence-corrected chi connectivity index (χ4v) is 6.65. The van der Waals surface area contributed by atoms with Gasteiger partial charge in [-0.15, -0.1) is 0 Å². The lowest BCUT2D eigenvalue weighted by Gasteiger charge is -2.28. The van der Waals surface area contributed by atoms with Crippen molar-refractivity contribution in [1.82, 2.24) is 0 Å². The molecule has 0 aliphatic carbocycles. The van der Waals surface area contributed by atoms with Gasteiger partial charge in [0.2, 0.25) is 0 Å². The first kappa shape index (κ1) is 37.1. The molecule has 0 unspecified atom stereocenters. The molecule has 0 amide bonds. The van der Waals surface area contributed by atoms with Gasteiger partial charge in [-0.3, -0.25) is 0 Å². The summed E-state index contributed by atoms with van der Waals surface area (Å²) in [6, 6.07) is 0. The Morgan fingerprint density at radius 2 is 0.459 bits per heavy atom. The van der Waals surface area contributed by atoms with Gasteiger partial charge in [0.05, 0.1) is 0 Å². The Morgan fingerprint density at radius 1 is 0.270 bits per heavy atom. The van der Waals surface area contributed by atoms with Gasteiger partial charge in [-0.1, -0.05) is 156 Å². The molecular formula is C32H68O4Si. The van der Waals surface area contributed by atoms with Crippen LogP contribution in [0.1, 0.15) is 182 Å². The summed E-state index contributed by atoms with van der Waals surface area (Å²) in [5.74, 6) is 0. The highest BCUT2D eigenvalue weighted by molar-refractivity contribution is 6.53. The summed E-state index contributed by atoms with van der Waals surface area (Å²) >= 11 is 0. The fourth-order valence-electron chi connectivity index (χ4n) is 4.57. The molecule has 0 bridgehead atoms. The number of hydrogen-bond donors (Lipinski definition) is 0. The molecule has 0 fully saturated rings. The zero-order valence-electron chi connectivity index (χ0n) is 25.9. The van der Waals surface area contributed by atoms with Crippen molar-refractivity contribution in [3.05, 3.63) is 0 Å². The number of hydrogen-bond acceptors (Lipinski definition) is 4. The summed E-state index contributed by atoms with van der Waals surface area (Å²) in [6.45, 7) is 11.8. The minimum atomic E-state index is -3.09. The van der Waals surface area contributed by atoms with Gasteiger partial charge >= 0.3 is 9.05 Å². The molecule has 0 rings (SSSR count). The lowest BCUT2D eigenvalue weighted by atomic mass is 10.1. The summed E-state index contributed by atoms with van der Waals surface area (Å²) in [4.78, 5) is 0. The first-order chi connectivity index (χ1) is 18.2. The van der Waals surface area contributed by atoms with Crippen LogP contribution in [-0.4, -0.2) is 35.5 Å². The van der Waals surface area contributed by atoms with Crippen LogP contribution in [0.2, 0.25) is 0 Å². The van der Waals surface area contributed by atoms with E-state index in [2.05, 4.69) is 27.7 Å². The van der Waals surface area contributed by atoms with E-state index in [4.69, 9.17) is 17.7 Å². The Bertz CT molecular complexity index is 371. The van der Waals surface area contributed by atoms with E-state index in [1.165, 1.54) is 128 Å². The van der Waals surface area contributed by atoms with E-state index in [1.807, 2.05) is 0 Å². The van der Waals surface area contributed by atoms with Gasteiger partial charge in [0, 0.05) is 26.4 Å². The van der Waals surface area contributed by atoms with Gasteiger partial charge < -0.3 is 17.7 Å². The van der Waals surface area contributed by atoms with Gasteiger partial charge in [0.25, 0.3) is 0 Å². The van der Waals surface area contributed by atoms with Crippen molar-refractivity contribution in [1.29, 1.82) is 0 Å². The molecule has 0 atom stereocenters. The molecule has 37 heavy (non-hydrogen) atoms. The van der Waals surface area contributed by atoms with Crippen molar-refractivity contribution < 1.29 is 17.7 Å². The van der Waals surface area contributed by atoms with Gasteiger partial charge in [-0.2, -0.15) is 0 Å². The van der Waals surface area contributed by atoms with Gasteiger partial charge in [-0.25, -0.2) is 0 Å². The van der Waals surface area contributed by atoms with E-state index >= 15 is 0 Å². The second-order valence-corrected chi connectivity index (χ2v) is 13.1. The number of rotatable bonds is 32. The lowest BCUT2D eigenvalue weighted by Crippen LogP contribution is -2.50. The molecule has 0 heterocycles. The molecule has 0 N–H and O–H groups in total. The Balaban J connectivity index is 4.68. The molecule has 0 aromatic heterocycles. The fraction of sp³-hybridized carbons (Fsp3) is 1.00. The molecule has 0 saturated carbocycles. The second kappa shape index (κ2) is 30.6. The summed E-state index contributed by atoms with van der Waals surface area (Å²) in [5.41, 5.74) is 0. The zero-order valence-corrected chi connectivity index (χ0v) is 26.9. The van der Waals surface area contributed by atoms with E-state index in [1.54, 1.807) is 0 Å². The smallest absolute Gasteiger partial charge is 0.351 e. The predicted molar refractivity (Wildman–Crippen MR) is 163 cm³/mol. The van der Waals surface area contributed by atoms with E-state index in [0.29, 0.717) is 26.4 Å². The van der Waals surface area contributed by atoms with Crippen molar-refractivity contribution in [3.63, 3.8) is 0 Å². The van der Waals surface area contributed by atoms with E-state index in [-0.39, 0.29) is 0 Å². The van der Waals surface area contributed by atoms with Crippen LogP contribution >= 0.6 is 0 Å². The van der Waals surface area contributed by atoms with E-state index in [0.717, 1.165) is 25.7 Å². The van der Waals surface area contributed by atoms with Crippen LogP contribution in [0, 0.1) is 0 Å². The van der Waals surface area contributed by atoms with Crippen LogP contribution in [-0.2, 0) is 17.7 Å². The summed E-state index contributed by atoms with van der Waals surface area (Å²) in [6.07, 6.45) is 30.3. The molecule has 0 aromatic carbocycles. The van der Waals surface area contributed by atoms with Crippen molar-refractivity contribution in [2.45, 2.75) is 182 Å². The SMILES string of the molecule is CCCCCCCCCO[Si](OCCCCC)(OCCCCCCCCC)OCCCCCCCCC. The highest BCUT2D eigenvalue weighted by atomic mass is 28.4. The first-order valence-corrected chi connectivity index (χ1v) is 18.4. The minimum Gasteiger partial charge on any atom is -0.351 e. The monoisotopic (exact) mass is 544 g/mol. The molecule has 0 aliphatic heterocycles. The summed E-state index contributed by atoms with van der Waals surface area (Å²) in [7, 11) is -3.09. The first-order valence-electron chi connectivity index (χ1n) is 16.8. The Labute approximate surface area is 234 Å². The molecule has 4 nitrogen and oxygen atoms in total. The Hall–Kier alpha value is 0.0569. The van der Waals surface area contributed by atoms with Crippen molar-refractivity contribution >= 4 is 9.05 Å².